The van der Waals surface area contributed by atoms with Crippen molar-refractivity contribution in [1.29, 1.82) is 5.41 Å². The zero-order valence-corrected chi connectivity index (χ0v) is 8.33. The minimum absolute atomic E-state index is 0.189. The Morgan fingerprint density at radius 2 is 1.93 bits per heavy atom. The summed E-state index contributed by atoms with van der Waals surface area (Å²) in [6.07, 6.45) is 2.79. The molecule has 5 nitrogen and oxygen atoms in total. The first-order valence-electron chi connectivity index (χ1n) is 5.21. The van der Waals surface area contributed by atoms with Crippen LogP contribution in [0.3, 0.4) is 0 Å². The van der Waals surface area contributed by atoms with Crippen LogP contribution in [0.4, 0.5) is 0 Å². The SMILES string of the molecule is N=C(N)N1CCC(OC2CNC2)CC1. The number of hydrogen-bond acceptors (Lipinski definition) is 3. The average Bonchev–Trinajstić information content (AvgIpc) is 2.12. The molecule has 2 fully saturated rings. The third-order valence-electron chi connectivity index (χ3n) is 2.91. The maximum Gasteiger partial charge on any atom is 0.188 e. The lowest BCUT2D eigenvalue weighted by Gasteiger charge is -2.36. The van der Waals surface area contributed by atoms with Crippen molar-refractivity contribution in [3.8, 4) is 0 Å². The number of nitrogens with two attached hydrogens (primary N) is 1. The highest BCUT2D eigenvalue weighted by molar-refractivity contribution is 5.74. The molecule has 2 saturated heterocycles. The number of piperidine rings is 1. The first kappa shape index (κ1) is 9.73. The van der Waals surface area contributed by atoms with E-state index in [1.54, 1.807) is 0 Å². The molecule has 0 aliphatic carbocycles. The fourth-order valence-electron chi connectivity index (χ4n) is 1.86. The predicted octanol–water partition coefficient (Wildman–Crippen LogP) is -0.667. The summed E-state index contributed by atoms with van der Waals surface area (Å²) < 4.78 is 5.85. The first-order chi connectivity index (χ1) is 6.75. The van der Waals surface area contributed by atoms with Crippen LogP contribution in [-0.4, -0.2) is 49.2 Å². The summed E-state index contributed by atoms with van der Waals surface area (Å²) in [6, 6.07) is 0. The van der Waals surface area contributed by atoms with Gasteiger partial charge in [-0.3, -0.25) is 5.41 Å². The number of hydrogen-bond donors (Lipinski definition) is 3. The molecular formula is C9H18N4O. The molecule has 0 bridgehead atoms. The number of rotatable bonds is 2. The van der Waals surface area contributed by atoms with Crippen LogP contribution in [0.2, 0.25) is 0 Å². The molecule has 0 radical (unpaired) electrons. The molecule has 2 rings (SSSR count). The molecule has 0 aromatic rings. The van der Waals surface area contributed by atoms with Gasteiger partial charge in [-0.2, -0.15) is 0 Å². The summed E-state index contributed by atoms with van der Waals surface area (Å²) >= 11 is 0. The second-order valence-electron chi connectivity index (χ2n) is 3.99. The fourth-order valence-corrected chi connectivity index (χ4v) is 1.86. The van der Waals surface area contributed by atoms with Gasteiger partial charge in [-0.1, -0.05) is 0 Å². The van der Waals surface area contributed by atoms with Crippen molar-refractivity contribution in [2.45, 2.75) is 25.0 Å². The Labute approximate surface area is 84.1 Å². The fraction of sp³-hybridized carbons (Fsp3) is 0.889. The van der Waals surface area contributed by atoms with Gasteiger partial charge in [-0.15, -0.1) is 0 Å². The molecule has 80 valence electrons. The number of guanidine groups is 1. The van der Waals surface area contributed by atoms with Crippen molar-refractivity contribution in [3.05, 3.63) is 0 Å². The summed E-state index contributed by atoms with van der Waals surface area (Å²) in [7, 11) is 0. The Balaban J connectivity index is 1.69. The van der Waals surface area contributed by atoms with Gasteiger partial charge < -0.3 is 20.7 Å². The Morgan fingerprint density at radius 1 is 1.29 bits per heavy atom. The van der Waals surface area contributed by atoms with Gasteiger partial charge in [-0.25, -0.2) is 0 Å². The lowest BCUT2D eigenvalue weighted by atomic mass is 10.1. The van der Waals surface area contributed by atoms with Crippen LogP contribution in [0.5, 0.6) is 0 Å². The van der Waals surface area contributed by atoms with Crippen LogP contribution >= 0.6 is 0 Å². The van der Waals surface area contributed by atoms with E-state index in [4.69, 9.17) is 15.9 Å². The van der Waals surface area contributed by atoms with Crippen molar-refractivity contribution in [2.24, 2.45) is 5.73 Å². The van der Waals surface area contributed by atoms with Crippen molar-refractivity contribution in [1.82, 2.24) is 10.2 Å². The van der Waals surface area contributed by atoms with Gasteiger partial charge in [0.1, 0.15) is 0 Å². The second kappa shape index (κ2) is 4.14. The Bertz CT molecular complexity index is 209. The molecule has 2 aliphatic heterocycles. The third kappa shape index (κ3) is 2.16. The summed E-state index contributed by atoms with van der Waals surface area (Å²) in [5.74, 6) is 0.189. The van der Waals surface area contributed by atoms with Crippen LogP contribution in [0.25, 0.3) is 0 Å². The van der Waals surface area contributed by atoms with E-state index in [0.29, 0.717) is 12.2 Å². The zero-order chi connectivity index (χ0) is 9.97. The standard InChI is InChI=1S/C9H18N4O/c10-9(11)13-3-1-7(2-4-13)14-8-5-12-6-8/h7-8,12H,1-6H2,(H3,10,11). The average molecular weight is 198 g/mol. The molecule has 4 N–H and O–H groups in total. The van der Waals surface area contributed by atoms with Gasteiger partial charge in [0.25, 0.3) is 0 Å². The van der Waals surface area contributed by atoms with Gasteiger partial charge in [0, 0.05) is 26.2 Å². The first-order valence-corrected chi connectivity index (χ1v) is 5.21. The van der Waals surface area contributed by atoms with Crippen LogP contribution in [0, 0.1) is 5.41 Å². The van der Waals surface area contributed by atoms with Gasteiger partial charge in [0.15, 0.2) is 5.96 Å². The lowest BCUT2D eigenvalue weighted by Crippen LogP contribution is -2.52. The van der Waals surface area contributed by atoms with Gasteiger partial charge >= 0.3 is 0 Å². The number of nitrogens with one attached hydrogen (secondary N) is 2. The number of likely N-dealkylation sites (tertiary alicyclic amines) is 1. The number of nitrogens with zero attached hydrogens (tertiary/aromatic N) is 1. The van der Waals surface area contributed by atoms with Gasteiger partial charge in [-0.05, 0) is 12.8 Å². The van der Waals surface area contributed by atoms with Crippen molar-refractivity contribution in [2.75, 3.05) is 26.2 Å². The highest BCUT2D eigenvalue weighted by atomic mass is 16.5. The van der Waals surface area contributed by atoms with E-state index in [1.165, 1.54) is 0 Å². The van der Waals surface area contributed by atoms with Gasteiger partial charge in [0.2, 0.25) is 0 Å². The van der Waals surface area contributed by atoms with E-state index in [0.717, 1.165) is 39.0 Å². The van der Waals surface area contributed by atoms with Crippen molar-refractivity contribution < 1.29 is 4.74 Å². The topological polar surface area (TPSA) is 74.4 Å². The van der Waals surface area contributed by atoms with Crippen molar-refractivity contribution in [3.63, 3.8) is 0 Å². The highest BCUT2D eigenvalue weighted by Gasteiger charge is 2.25. The van der Waals surface area contributed by atoms with Crippen LogP contribution in [0.1, 0.15) is 12.8 Å². The summed E-state index contributed by atoms with van der Waals surface area (Å²) in [5, 5.41) is 10.5. The molecule has 0 amide bonds. The molecule has 0 spiro atoms. The molecule has 0 aromatic heterocycles. The zero-order valence-electron chi connectivity index (χ0n) is 8.33. The highest BCUT2D eigenvalue weighted by Crippen LogP contribution is 2.16. The minimum Gasteiger partial charge on any atom is -0.372 e. The number of ether oxygens (including phenoxy) is 1. The van der Waals surface area contributed by atoms with E-state index in [2.05, 4.69) is 5.32 Å². The van der Waals surface area contributed by atoms with Crippen LogP contribution < -0.4 is 11.1 Å². The Morgan fingerprint density at radius 3 is 2.36 bits per heavy atom. The predicted molar refractivity (Wildman–Crippen MR) is 54.3 cm³/mol. The van der Waals surface area contributed by atoms with Crippen LogP contribution in [-0.2, 0) is 4.74 Å². The Hall–Kier alpha value is -0.810. The molecular weight excluding hydrogens is 180 g/mol. The monoisotopic (exact) mass is 198 g/mol. The maximum atomic E-state index is 7.30. The summed E-state index contributed by atoms with van der Waals surface area (Å²) in [6.45, 7) is 3.71. The molecule has 14 heavy (non-hydrogen) atoms. The summed E-state index contributed by atoms with van der Waals surface area (Å²) in [5.41, 5.74) is 5.41. The molecule has 2 aliphatic rings. The van der Waals surface area contributed by atoms with Crippen LogP contribution in [0.15, 0.2) is 0 Å². The summed E-state index contributed by atoms with van der Waals surface area (Å²) in [4.78, 5) is 1.90. The molecule has 2 heterocycles. The van der Waals surface area contributed by atoms with E-state index in [1.807, 2.05) is 4.90 Å². The molecule has 5 heteroatoms. The third-order valence-corrected chi connectivity index (χ3v) is 2.91. The molecule has 0 saturated carbocycles. The quantitative estimate of drug-likeness (QED) is 0.406. The lowest BCUT2D eigenvalue weighted by molar-refractivity contribution is -0.0564. The normalized spacial score (nSPS) is 24.7. The molecule has 0 aromatic carbocycles. The smallest absolute Gasteiger partial charge is 0.188 e. The van der Waals surface area contributed by atoms with E-state index < -0.39 is 0 Å². The van der Waals surface area contributed by atoms with Crippen molar-refractivity contribution >= 4 is 5.96 Å². The molecule has 0 unspecified atom stereocenters. The van der Waals surface area contributed by atoms with E-state index in [9.17, 15) is 0 Å². The second-order valence-corrected chi connectivity index (χ2v) is 3.99. The minimum atomic E-state index is 0.189. The maximum absolute atomic E-state index is 7.30. The van der Waals surface area contributed by atoms with Gasteiger partial charge in [0.05, 0.1) is 12.2 Å². The van der Waals surface area contributed by atoms with E-state index in [-0.39, 0.29) is 5.96 Å². The largest absolute Gasteiger partial charge is 0.372 e. The Kier molecular flexibility index (Phi) is 2.88. The molecule has 0 atom stereocenters. The van der Waals surface area contributed by atoms with E-state index >= 15 is 0 Å².